The van der Waals surface area contributed by atoms with E-state index in [4.69, 9.17) is 4.18 Å². The maximum atomic E-state index is 4.93. The van der Waals surface area contributed by atoms with Gasteiger partial charge >= 0.3 is 0 Å². The second kappa shape index (κ2) is 7.54. The van der Waals surface area contributed by atoms with Crippen molar-refractivity contribution in [3.05, 3.63) is 23.8 Å². The van der Waals surface area contributed by atoms with Gasteiger partial charge in [-0.2, -0.15) is 0 Å². The first-order valence-corrected chi connectivity index (χ1v) is 6.79. The molecule has 0 aromatic rings. The van der Waals surface area contributed by atoms with Crippen LogP contribution >= 0.6 is 24.0 Å². The Hall–Kier alpha value is -0.720. The maximum absolute atomic E-state index is 4.93. The molecule has 4 nitrogen and oxygen atoms in total. The molecule has 1 aliphatic rings. The van der Waals surface area contributed by atoms with Crippen molar-refractivity contribution < 1.29 is 4.18 Å². The van der Waals surface area contributed by atoms with Gasteiger partial charge in [-0.25, -0.2) is 9.41 Å². The van der Waals surface area contributed by atoms with E-state index in [0.29, 0.717) is 11.7 Å². The maximum Gasteiger partial charge on any atom is 0.175 e. The van der Waals surface area contributed by atoms with Gasteiger partial charge in [0, 0.05) is 23.9 Å². The van der Waals surface area contributed by atoms with Gasteiger partial charge in [0.1, 0.15) is 5.88 Å². The molecule has 6 heteroatoms. The molecule has 0 fully saturated rings. The molecule has 0 unspecified atom stereocenters. The molecule has 0 amide bonds. The summed E-state index contributed by atoms with van der Waals surface area (Å²) in [6, 6.07) is 0. The minimum atomic E-state index is 0.650. The molecule has 16 heavy (non-hydrogen) atoms. The standard InChI is InChI=1S/C10H15N3OS2/c1-11-10(9-6-4-5-7-9)12-13(15-3)8-16-14-2/h4-6H,1,7-8H2,2-3H3/b12-10-. The molecule has 1 aliphatic carbocycles. The van der Waals surface area contributed by atoms with Crippen molar-refractivity contribution in [1.29, 1.82) is 0 Å². The lowest BCUT2D eigenvalue weighted by Gasteiger charge is -2.15. The van der Waals surface area contributed by atoms with Crippen LogP contribution in [0.4, 0.5) is 0 Å². The Labute approximate surface area is 105 Å². The summed E-state index contributed by atoms with van der Waals surface area (Å²) in [4.78, 5) is 3.95. The van der Waals surface area contributed by atoms with E-state index in [9.17, 15) is 0 Å². The normalized spacial score (nSPS) is 15.1. The van der Waals surface area contributed by atoms with E-state index in [0.717, 1.165) is 12.0 Å². The van der Waals surface area contributed by atoms with E-state index >= 15 is 0 Å². The zero-order valence-electron chi connectivity index (χ0n) is 9.42. The quantitative estimate of drug-likeness (QED) is 0.183. The number of amidine groups is 1. The molecule has 0 bridgehead atoms. The summed E-state index contributed by atoms with van der Waals surface area (Å²) in [5.41, 5.74) is 1.09. The highest BCUT2D eigenvalue weighted by Gasteiger charge is 2.09. The Kier molecular flexibility index (Phi) is 6.29. The van der Waals surface area contributed by atoms with Crippen molar-refractivity contribution in [2.45, 2.75) is 6.42 Å². The van der Waals surface area contributed by atoms with Gasteiger partial charge in [-0.15, -0.1) is 5.10 Å². The van der Waals surface area contributed by atoms with E-state index in [-0.39, 0.29) is 0 Å². The van der Waals surface area contributed by atoms with Gasteiger partial charge < -0.3 is 4.18 Å². The van der Waals surface area contributed by atoms with E-state index in [1.807, 2.05) is 22.8 Å². The highest BCUT2D eigenvalue weighted by atomic mass is 32.2. The third-order valence-electron chi connectivity index (χ3n) is 1.91. The first kappa shape index (κ1) is 13.3. The highest BCUT2D eigenvalue weighted by Crippen LogP contribution is 2.18. The minimum absolute atomic E-state index is 0.650. The average Bonchev–Trinajstić information content (AvgIpc) is 2.83. The lowest BCUT2D eigenvalue weighted by atomic mass is 10.2. The van der Waals surface area contributed by atoms with E-state index in [1.54, 1.807) is 7.11 Å². The van der Waals surface area contributed by atoms with Gasteiger partial charge in [0.2, 0.25) is 0 Å². The molecule has 0 radical (unpaired) electrons. The number of allylic oxidation sites excluding steroid dienone is 3. The predicted octanol–water partition coefficient (Wildman–Crippen LogP) is 2.72. The molecule has 88 valence electrons. The van der Waals surface area contributed by atoms with Crippen LogP contribution in [0, 0.1) is 0 Å². The van der Waals surface area contributed by atoms with Crippen molar-refractivity contribution in [3.8, 4) is 0 Å². The van der Waals surface area contributed by atoms with Crippen LogP contribution in [-0.2, 0) is 4.18 Å². The Bertz CT molecular complexity index is 326. The summed E-state index contributed by atoms with van der Waals surface area (Å²) >= 11 is 2.86. The van der Waals surface area contributed by atoms with Gasteiger partial charge in [0.15, 0.2) is 5.84 Å². The molecule has 0 saturated heterocycles. The molecule has 0 heterocycles. The molecule has 0 aromatic carbocycles. The zero-order chi connectivity index (χ0) is 11.8. The fourth-order valence-electron chi connectivity index (χ4n) is 1.14. The Balaban J connectivity index is 2.65. The van der Waals surface area contributed by atoms with Crippen molar-refractivity contribution >= 4 is 36.5 Å². The first-order chi connectivity index (χ1) is 7.81. The summed E-state index contributed by atoms with van der Waals surface area (Å²) in [5, 5.41) is 4.41. The van der Waals surface area contributed by atoms with Crippen LogP contribution in [0.5, 0.6) is 0 Å². The van der Waals surface area contributed by atoms with Gasteiger partial charge in [0.05, 0.1) is 7.11 Å². The second-order valence-electron chi connectivity index (χ2n) is 2.85. The van der Waals surface area contributed by atoms with E-state index in [1.165, 1.54) is 24.0 Å². The SMILES string of the molecule is C=N/C(=N\N(CSOC)SC)C1=CC=CC1. The molecule has 0 aromatic heterocycles. The Morgan fingerprint density at radius 1 is 1.69 bits per heavy atom. The monoisotopic (exact) mass is 257 g/mol. The fourth-order valence-corrected chi connectivity index (χ4v) is 2.10. The van der Waals surface area contributed by atoms with E-state index < -0.39 is 0 Å². The predicted molar refractivity (Wildman–Crippen MR) is 73.6 cm³/mol. The molecule has 0 aliphatic heterocycles. The number of hydrazone groups is 1. The zero-order valence-corrected chi connectivity index (χ0v) is 11.1. The van der Waals surface area contributed by atoms with Crippen LogP contribution in [0.3, 0.4) is 0 Å². The van der Waals surface area contributed by atoms with Crippen LogP contribution in [0.15, 0.2) is 33.9 Å². The molecule has 0 spiro atoms. The van der Waals surface area contributed by atoms with Crippen molar-refractivity contribution in [2.24, 2.45) is 10.1 Å². The Morgan fingerprint density at radius 2 is 2.50 bits per heavy atom. The second-order valence-corrected chi connectivity index (χ2v) is 4.47. The third kappa shape index (κ3) is 4.03. The van der Waals surface area contributed by atoms with Crippen LogP contribution in [-0.4, -0.2) is 36.2 Å². The first-order valence-electron chi connectivity index (χ1n) is 4.70. The molecular formula is C10H15N3OS2. The summed E-state index contributed by atoms with van der Waals surface area (Å²) in [5.74, 6) is 1.33. The van der Waals surface area contributed by atoms with Gasteiger partial charge in [-0.1, -0.05) is 18.2 Å². The molecular weight excluding hydrogens is 242 g/mol. The van der Waals surface area contributed by atoms with Crippen molar-refractivity contribution in [2.75, 3.05) is 19.2 Å². The molecule has 0 N–H and O–H groups in total. The summed E-state index contributed by atoms with van der Waals surface area (Å²) < 4.78 is 6.75. The number of nitrogens with zero attached hydrogens (tertiary/aromatic N) is 3. The van der Waals surface area contributed by atoms with Crippen LogP contribution in [0.1, 0.15) is 6.42 Å². The average molecular weight is 257 g/mol. The lowest BCUT2D eigenvalue weighted by Crippen LogP contribution is -2.11. The van der Waals surface area contributed by atoms with Gasteiger partial charge in [0.25, 0.3) is 0 Å². The number of rotatable bonds is 6. The van der Waals surface area contributed by atoms with Crippen LogP contribution < -0.4 is 0 Å². The van der Waals surface area contributed by atoms with Crippen molar-refractivity contribution in [3.63, 3.8) is 0 Å². The molecule has 0 saturated carbocycles. The van der Waals surface area contributed by atoms with Crippen LogP contribution in [0.2, 0.25) is 0 Å². The number of hydrogen-bond donors (Lipinski definition) is 0. The minimum Gasteiger partial charge on any atom is -0.317 e. The third-order valence-corrected chi connectivity index (χ3v) is 3.29. The molecule has 1 rings (SSSR count). The van der Waals surface area contributed by atoms with Crippen molar-refractivity contribution in [1.82, 2.24) is 4.41 Å². The Morgan fingerprint density at radius 3 is 3.00 bits per heavy atom. The van der Waals surface area contributed by atoms with E-state index in [2.05, 4.69) is 22.9 Å². The highest BCUT2D eigenvalue weighted by molar-refractivity contribution is 7.98. The number of hydrogen-bond acceptors (Lipinski definition) is 5. The smallest absolute Gasteiger partial charge is 0.175 e. The molecule has 0 atom stereocenters. The lowest BCUT2D eigenvalue weighted by molar-refractivity contribution is 0.475. The summed E-state index contributed by atoms with van der Waals surface area (Å²) in [6.45, 7) is 3.55. The summed E-state index contributed by atoms with van der Waals surface area (Å²) in [6.07, 6.45) is 8.92. The summed E-state index contributed by atoms with van der Waals surface area (Å²) in [7, 11) is 1.64. The fraction of sp³-hybridized carbons (Fsp3) is 0.400. The van der Waals surface area contributed by atoms with Crippen LogP contribution in [0.25, 0.3) is 0 Å². The number of aliphatic imine (C=N–C) groups is 1. The van der Waals surface area contributed by atoms with Gasteiger partial charge in [-0.3, -0.25) is 0 Å². The topological polar surface area (TPSA) is 37.2 Å². The van der Waals surface area contributed by atoms with Gasteiger partial charge in [-0.05, 0) is 25.1 Å². The largest absolute Gasteiger partial charge is 0.317 e.